The molecule has 1 aliphatic heterocycles. The molecule has 0 atom stereocenters. The maximum atomic E-state index is 14.4. The van der Waals surface area contributed by atoms with Crippen LogP contribution in [-0.4, -0.2) is 46.6 Å². The highest BCUT2D eigenvalue weighted by molar-refractivity contribution is 9.10. The molecule has 3 aromatic rings. The second-order valence-electron chi connectivity index (χ2n) is 7.69. The van der Waals surface area contributed by atoms with Crippen LogP contribution < -0.4 is 5.32 Å². The molecule has 3 heterocycles. The van der Waals surface area contributed by atoms with Crippen molar-refractivity contribution in [3.05, 3.63) is 46.6 Å². The zero-order chi connectivity index (χ0) is 24.0. The minimum Gasteiger partial charge on any atom is -0.382 e. The standard InChI is InChI=1S/C20H20BrF4N5O2S/c1-2-29-11-14(10-26-29)33(31,32)30-5-3-13(4-6-30)27-17-9-18(20(23,24)25)28-19-15(17)7-12(21)8-16(19)22/h7-11,13H,2-6H2,1H3,(H,27,28). The summed E-state index contributed by atoms with van der Waals surface area (Å²) in [5.41, 5.74) is -1.49. The summed E-state index contributed by atoms with van der Waals surface area (Å²) in [6.07, 6.45) is -1.25. The second kappa shape index (κ2) is 8.84. The van der Waals surface area contributed by atoms with Gasteiger partial charge in [-0.1, -0.05) is 15.9 Å². The highest BCUT2D eigenvalue weighted by Crippen LogP contribution is 2.36. The first-order valence-electron chi connectivity index (χ1n) is 10.1. The number of halogens is 5. The van der Waals surface area contributed by atoms with Crippen molar-refractivity contribution in [3.63, 3.8) is 0 Å². The largest absolute Gasteiger partial charge is 0.433 e. The Morgan fingerprint density at radius 2 is 1.91 bits per heavy atom. The van der Waals surface area contributed by atoms with Gasteiger partial charge < -0.3 is 5.32 Å². The molecular weight excluding hydrogens is 530 g/mol. The van der Waals surface area contributed by atoms with E-state index in [9.17, 15) is 26.0 Å². The molecule has 7 nitrogen and oxygen atoms in total. The lowest BCUT2D eigenvalue weighted by Gasteiger charge is -2.32. The lowest BCUT2D eigenvalue weighted by atomic mass is 10.0. The first-order chi connectivity index (χ1) is 15.5. The fourth-order valence-corrected chi connectivity index (χ4v) is 5.63. The summed E-state index contributed by atoms with van der Waals surface area (Å²) in [7, 11) is -3.71. The van der Waals surface area contributed by atoms with E-state index in [4.69, 9.17) is 0 Å². The first kappa shape index (κ1) is 23.9. The SMILES string of the molecule is CCn1cc(S(=O)(=O)N2CCC(Nc3cc(C(F)(F)F)nc4c(F)cc(Br)cc34)CC2)cn1. The van der Waals surface area contributed by atoms with Crippen molar-refractivity contribution in [1.29, 1.82) is 0 Å². The molecule has 33 heavy (non-hydrogen) atoms. The number of anilines is 1. The Morgan fingerprint density at radius 3 is 2.52 bits per heavy atom. The second-order valence-corrected chi connectivity index (χ2v) is 10.5. The summed E-state index contributed by atoms with van der Waals surface area (Å²) >= 11 is 3.16. The van der Waals surface area contributed by atoms with Crippen LogP contribution in [0.15, 0.2) is 40.0 Å². The molecule has 4 rings (SSSR count). The van der Waals surface area contributed by atoms with E-state index in [1.54, 1.807) is 0 Å². The minimum atomic E-state index is -4.75. The van der Waals surface area contributed by atoms with Crippen molar-refractivity contribution in [3.8, 4) is 0 Å². The summed E-state index contributed by atoms with van der Waals surface area (Å²) in [4.78, 5) is 3.57. The molecule has 0 aliphatic carbocycles. The van der Waals surface area contributed by atoms with E-state index in [0.29, 0.717) is 23.9 Å². The smallest absolute Gasteiger partial charge is 0.382 e. The Morgan fingerprint density at radius 1 is 1.21 bits per heavy atom. The summed E-state index contributed by atoms with van der Waals surface area (Å²) in [6.45, 7) is 2.75. The molecular formula is C20H20BrF4N5O2S. The van der Waals surface area contributed by atoms with Crippen LogP contribution in [0.4, 0.5) is 23.2 Å². The topological polar surface area (TPSA) is 80.1 Å². The van der Waals surface area contributed by atoms with E-state index in [-0.39, 0.29) is 40.6 Å². The Balaban J connectivity index is 1.56. The zero-order valence-corrected chi connectivity index (χ0v) is 19.8. The van der Waals surface area contributed by atoms with E-state index in [2.05, 4.69) is 31.3 Å². The Kier molecular flexibility index (Phi) is 6.40. The monoisotopic (exact) mass is 549 g/mol. The van der Waals surface area contributed by atoms with E-state index >= 15 is 0 Å². The quantitative estimate of drug-likeness (QED) is 0.469. The first-order valence-corrected chi connectivity index (χ1v) is 12.4. The molecule has 1 saturated heterocycles. The molecule has 1 fully saturated rings. The molecule has 0 spiro atoms. The highest BCUT2D eigenvalue weighted by atomic mass is 79.9. The molecule has 2 aromatic heterocycles. The maximum Gasteiger partial charge on any atom is 0.433 e. The lowest BCUT2D eigenvalue weighted by Crippen LogP contribution is -2.42. The number of nitrogens with zero attached hydrogens (tertiary/aromatic N) is 4. The number of benzene rings is 1. The fourth-order valence-electron chi connectivity index (χ4n) is 3.78. The number of alkyl halides is 3. The van der Waals surface area contributed by atoms with Gasteiger partial charge in [-0.3, -0.25) is 4.68 Å². The average Bonchev–Trinajstić information content (AvgIpc) is 3.24. The van der Waals surface area contributed by atoms with Gasteiger partial charge in [-0.2, -0.15) is 22.6 Å². The Hall–Kier alpha value is -2.25. The van der Waals surface area contributed by atoms with Crippen LogP contribution in [0.25, 0.3) is 10.9 Å². The number of rotatable bonds is 5. The van der Waals surface area contributed by atoms with Crippen LogP contribution in [0.5, 0.6) is 0 Å². The van der Waals surface area contributed by atoms with Gasteiger partial charge in [-0.15, -0.1) is 0 Å². The number of piperidine rings is 1. The molecule has 0 bridgehead atoms. The van der Waals surface area contributed by atoms with Crippen LogP contribution in [0.2, 0.25) is 0 Å². The van der Waals surface area contributed by atoms with Gasteiger partial charge in [0.25, 0.3) is 0 Å². The fraction of sp³-hybridized carbons (Fsp3) is 0.400. The molecule has 0 unspecified atom stereocenters. The third-order valence-electron chi connectivity index (χ3n) is 5.51. The van der Waals surface area contributed by atoms with E-state index in [1.165, 1.54) is 27.4 Å². The number of aryl methyl sites for hydroxylation is 1. The zero-order valence-electron chi connectivity index (χ0n) is 17.4. The van der Waals surface area contributed by atoms with Crippen LogP contribution in [0, 0.1) is 5.82 Å². The molecule has 1 N–H and O–H groups in total. The van der Waals surface area contributed by atoms with E-state index < -0.39 is 27.7 Å². The van der Waals surface area contributed by atoms with E-state index in [0.717, 1.165) is 12.1 Å². The number of nitrogens with one attached hydrogen (secondary N) is 1. The molecule has 178 valence electrons. The van der Waals surface area contributed by atoms with Crippen molar-refractivity contribution in [2.45, 2.75) is 43.4 Å². The average molecular weight is 550 g/mol. The van der Waals surface area contributed by atoms with Crippen LogP contribution >= 0.6 is 15.9 Å². The number of aromatic nitrogens is 3. The molecule has 0 saturated carbocycles. The van der Waals surface area contributed by atoms with Gasteiger partial charge in [0.2, 0.25) is 10.0 Å². The molecule has 0 radical (unpaired) electrons. The van der Waals surface area contributed by atoms with Crippen molar-refractivity contribution in [2.75, 3.05) is 18.4 Å². The number of fused-ring (bicyclic) bond motifs is 1. The van der Waals surface area contributed by atoms with Crippen molar-refractivity contribution < 1.29 is 26.0 Å². The summed E-state index contributed by atoms with van der Waals surface area (Å²) in [5.74, 6) is -0.873. The number of hydrogen-bond acceptors (Lipinski definition) is 5. The van der Waals surface area contributed by atoms with Crippen LogP contribution in [0.3, 0.4) is 0 Å². The van der Waals surface area contributed by atoms with Gasteiger partial charge in [-0.05, 0) is 38.0 Å². The normalized spacial score (nSPS) is 16.4. The van der Waals surface area contributed by atoms with Gasteiger partial charge in [0.15, 0.2) is 5.82 Å². The predicted octanol–water partition coefficient (Wildman–Crippen LogP) is 4.64. The maximum absolute atomic E-state index is 14.4. The van der Waals surface area contributed by atoms with Crippen molar-refractivity contribution in [2.24, 2.45) is 0 Å². The van der Waals surface area contributed by atoms with Crippen molar-refractivity contribution >= 4 is 42.5 Å². The number of pyridine rings is 1. The Labute approximate surface area is 196 Å². The third kappa shape index (κ3) is 4.85. The molecule has 1 aromatic carbocycles. The van der Waals surface area contributed by atoms with Gasteiger partial charge >= 0.3 is 6.18 Å². The summed E-state index contributed by atoms with van der Waals surface area (Å²) in [5, 5.41) is 7.26. The molecule has 0 amide bonds. The predicted molar refractivity (Wildman–Crippen MR) is 118 cm³/mol. The number of hydrogen-bond donors (Lipinski definition) is 1. The van der Waals surface area contributed by atoms with Gasteiger partial charge in [0, 0.05) is 47.4 Å². The van der Waals surface area contributed by atoms with E-state index in [1.807, 2.05) is 6.92 Å². The van der Waals surface area contributed by atoms with Crippen molar-refractivity contribution in [1.82, 2.24) is 19.1 Å². The lowest BCUT2D eigenvalue weighted by molar-refractivity contribution is -0.140. The number of sulfonamides is 1. The molecule has 1 aliphatic rings. The van der Waals surface area contributed by atoms with Crippen LogP contribution in [-0.2, 0) is 22.7 Å². The third-order valence-corrected chi connectivity index (χ3v) is 7.82. The van der Waals surface area contributed by atoms with Crippen LogP contribution in [0.1, 0.15) is 25.5 Å². The Bertz CT molecular complexity index is 1290. The molecule has 13 heteroatoms. The van der Waals surface area contributed by atoms with Gasteiger partial charge in [0.05, 0.1) is 6.20 Å². The summed E-state index contributed by atoms with van der Waals surface area (Å²) < 4.78 is 83.4. The highest BCUT2D eigenvalue weighted by Gasteiger charge is 2.35. The van der Waals surface area contributed by atoms with Gasteiger partial charge in [-0.25, -0.2) is 17.8 Å². The minimum absolute atomic E-state index is 0.0954. The van der Waals surface area contributed by atoms with Gasteiger partial charge in [0.1, 0.15) is 16.1 Å². The summed E-state index contributed by atoms with van der Waals surface area (Å²) in [6, 6.07) is 3.11.